The summed E-state index contributed by atoms with van der Waals surface area (Å²) in [6, 6.07) is 5.54. The third-order valence-corrected chi connectivity index (χ3v) is 6.85. The van der Waals surface area contributed by atoms with E-state index in [0.29, 0.717) is 24.3 Å². The van der Waals surface area contributed by atoms with Crippen LogP contribution in [-0.4, -0.2) is 34.0 Å². The van der Waals surface area contributed by atoms with E-state index in [1.54, 1.807) is 20.3 Å². The average Bonchev–Trinajstić information content (AvgIpc) is 2.48. The number of fused-ring (bicyclic) bond motifs is 2. The van der Waals surface area contributed by atoms with Gasteiger partial charge in [-0.2, -0.15) is 0 Å². The van der Waals surface area contributed by atoms with Crippen LogP contribution >= 0.6 is 0 Å². The summed E-state index contributed by atoms with van der Waals surface area (Å²) in [5.41, 5.74) is -0.113. The summed E-state index contributed by atoms with van der Waals surface area (Å²) in [6.45, 7) is 0. The van der Waals surface area contributed by atoms with E-state index in [0.717, 1.165) is 24.8 Å². The van der Waals surface area contributed by atoms with Gasteiger partial charge in [0.15, 0.2) is 0 Å². The van der Waals surface area contributed by atoms with Gasteiger partial charge in [-0.25, -0.2) is 0 Å². The standard InChI is InChI=1S/C16H22O4S/c1-19-12-6-11(7-13(8-12)20-2)16(17)9-14-4-3-5-15(10-16)21(14)18/h6-8,14-15,17H,3-5,9-10H2,1-2H3. The molecule has 1 N–H and O–H groups in total. The first-order chi connectivity index (χ1) is 10.1. The highest BCUT2D eigenvalue weighted by Gasteiger charge is 2.46. The van der Waals surface area contributed by atoms with Crippen molar-refractivity contribution in [2.24, 2.45) is 0 Å². The number of benzene rings is 1. The van der Waals surface area contributed by atoms with Gasteiger partial charge in [0.1, 0.15) is 11.5 Å². The molecule has 5 heteroatoms. The molecule has 2 saturated heterocycles. The highest BCUT2D eigenvalue weighted by Crippen LogP contribution is 2.45. The lowest BCUT2D eigenvalue weighted by atomic mass is 9.80. The van der Waals surface area contributed by atoms with Crippen molar-refractivity contribution in [1.82, 2.24) is 0 Å². The molecular weight excluding hydrogens is 288 g/mol. The zero-order valence-electron chi connectivity index (χ0n) is 12.5. The Morgan fingerprint density at radius 1 is 1.10 bits per heavy atom. The minimum absolute atomic E-state index is 0.111. The Labute approximate surface area is 127 Å². The second-order valence-corrected chi connectivity index (χ2v) is 8.04. The summed E-state index contributed by atoms with van der Waals surface area (Å²) in [4.78, 5) is 0. The van der Waals surface area contributed by atoms with Crippen molar-refractivity contribution in [3.8, 4) is 11.5 Å². The van der Waals surface area contributed by atoms with Crippen LogP contribution in [0.4, 0.5) is 0 Å². The first kappa shape index (κ1) is 14.9. The summed E-state index contributed by atoms with van der Waals surface area (Å²) in [5.74, 6) is 1.35. The van der Waals surface area contributed by atoms with Crippen molar-refractivity contribution in [1.29, 1.82) is 0 Å². The molecule has 2 aliphatic rings. The molecule has 1 aromatic carbocycles. The van der Waals surface area contributed by atoms with Crippen molar-refractivity contribution >= 4 is 10.8 Å². The summed E-state index contributed by atoms with van der Waals surface area (Å²) in [5, 5.41) is 11.4. The topological polar surface area (TPSA) is 55.8 Å². The molecule has 0 amide bonds. The van der Waals surface area contributed by atoms with E-state index >= 15 is 0 Å². The smallest absolute Gasteiger partial charge is 0.122 e. The minimum atomic E-state index is -0.925. The maximum absolute atomic E-state index is 12.3. The van der Waals surface area contributed by atoms with E-state index in [9.17, 15) is 9.32 Å². The average molecular weight is 310 g/mol. The maximum Gasteiger partial charge on any atom is 0.122 e. The first-order valence-electron chi connectivity index (χ1n) is 7.41. The van der Waals surface area contributed by atoms with Crippen LogP contribution in [0, 0.1) is 0 Å². The lowest BCUT2D eigenvalue weighted by Crippen LogP contribution is -2.47. The van der Waals surface area contributed by atoms with E-state index in [1.165, 1.54) is 0 Å². The van der Waals surface area contributed by atoms with Gasteiger partial charge in [0, 0.05) is 27.4 Å². The van der Waals surface area contributed by atoms with E-state index < -0.39 is 16.4 Å². The predicted molar refractivity (Wildman–Crippen MR) is 82.2 cm³/mol. The van der Waals surface area contributed by atoms with Crippen LogP contribution < -0.4 is 9.47 Å². The minimum Gasteiger partial charge on any atom is -0.497 e. The molecule has 0 aliphatic carbocycles. The summed E-state index contributed by atoms with van der Waals surface area (Å²) in [6.07, 6.45) is 4.15. The van der Waals surface area contributed by atoms with Gasteiger partial charge < -0.3 is 14.6 Å². The van der Waals surface area contributed by atoms with E-state index in [1.807, 2.05) is 12.1 Å². The molecule has 116 valence electrons. The highest BCUT2D eigenvalue weighted by molar-refractivity contribution is 7.86. The quantitative estimate of drug-likeness (QED) is 0.931. The molecule has 0 radical (unpaired) electrons. The summed E-state index contributed by atoms with van der Waals surface area (Å²) in [7, 11) is 2.42. The fourth-order valence-corrected chi connectivity index (χ4v) is 5.82. The Hall–Kier alpha value is -1.07. The Balaban J connectivity index is 1.97. The van der Waals surface area contributed by atoms with Crippen LogP contribution in [0.15, 0.2) is 18.2 Å². The molecule has 2 bridgehead atoms. The van der Waals surface area contributed by atoms with Gasteiger partial charge in [-0.3, -0.25) is 4.21 Å². The number of methoxy groups -OCH3 is 2. The van der Waals surface area contributed by atoms with Crippen molar-refractivity contribution in [2.45, 2.75) is 48.2 Å². The van der Waals surface area contributed by atoms with Gasteiger partial charge in [0.05, 0.1) is 19.8 Å². The van der Waals surface area contributed by atoms with Gasteiger partial charge in [-0.05, 0) is 43.4 Å². The lowest BCUT2D eigenvalue weighted by molar-refractivity contribution is 0.00619. The number of hydrogen-bond acceptors (Lipinski definition) is 4. The Morgan fingerprint density at radius 3 is 2.10 bits per heavy atom. The lowest BCUT2D eigenvalue weighted by Gasteiger charge is -2.43. The van der Waals surface area contributed by atoms with E-state index in [4.69, 9.17) is 9.47 Å². The fraction of sp³-hybridized carbons (Fsp3) is 0.625. The Kier molecular flexibility index (Phi) is 3.97. The molecule has 1 aromatic rings. The molecule has 0 aromatic heterocycles. The molecule has 2 heterocycles. The molecule has 21 heavy (non-hydrogen) atoms. The molecule has 2 fully saturated rings. The molecule has 3 rings (SSSR count). The van der Waals surface area contributed by atoms with Gasteiger partial charge >= 0.3 is 0 Å². The van der Waals surface area contributed by atoms with Gasteiger partial charge in [-0.1, -0.05) is 6.42 Å². The maximum atomic E-state index is 12.3. The summed E-state index contributed by atoms with van der Waals surface area (Å²) < 4.78 is 22.9. The molecule has 2 atom stereocenters. The largest absolute Gasteiger partial charge is 0.497 e. The predicted octanol–water partition coefficient (Wildman–Crippen LogP) is 2.36. The number of aliphatic hydroxyl groups is 1. The third kappa shape index (κ3) is 2.69. The van der Waals surface area contributed by atoms with Crippen LogP contribution in [0.2, 0.25) is 0 Å². The number of rotatable bonds is 3. The van der Waals surface area contributed by atoms with Crippen LogP contribution in [0.1, 0.15) is 37.7 Å². The number of ether oxygens (including phenoxy) is 2. The second-order valence-electron chi connectivity index (χ2n) is 6.04. The molecule has 2 unspecified atom stereocenters. The van der Waals surface area contributed by atoms with Gasteiger partial charge in [0.2, 0.25) is 0 Å². The van der Waals surface area contributed by atoms with Crippen LogP contribution in [0.25, 0.3) is 0 Å². The summed E-state index contributed by atoms with van der Waals surface area (Å²) >= 11 is 0. The zero-order valence-corrected chi connectivity index (χ0v) is 13.3. The molecule has 0 spiro atoms. The number of hydrogen-bond donors (Lipinski definition) is 1. The monoisotopic (exact) mass is 310 g/mol. The van der Waals surface area contributed by atoms with Crippen LogP contribution in [0.5, 0.6) is 11.5 Å². The Morgan fingerprint density at radius 2 is 1.62 bits per heavy atom. The van der Waals surface area contributed by atoms with Crippen LogP contribution in [-0.2, 0) is 16.4 Å². The van der Waals surface area contributed by atoms with Gasteiger partial charge in [-0.15, -0.1) is 0 Å². The third-order valence-electron chi connectivity index (χ3n) is 4.73. The van der Waals surface area contributed by atoms with E-state index in [2.05, 4.69) is 0 Å². The second kappa shape index (κ2) is 5.61. The van der Waals surface area contributed by atoms with Crippen molar-refractivity contribution in [2.75, 3.05) is 14.2 Å². The zero-order chi connectivity index (χ0) is 15.0. The first-order valence-corrected chi connectivity index (χ1v) is 8.68. The van der Waals surface area contributed by atoms with Crippen molar-refractivity contribution < 1.29 is 18.8 Å². The molecular formula is C16H22O4S. The molecule has 4 nitrogen and oxygen atoms in total. The SMILES string of the molecule is COc1cc(OC)cc(C2(O)CC3CCCC(C2)S3=O)c1. The van der Waals surface area contributed by atoms with E-state index in [-0.39, 0.29) is 10.5 Å². The van der Waals surface area contributed by atoms with Crippen LogP contribution in [0.3, 0.4) is 0 Å². The van der Waals surface area contributed by atoms with Crippen molar-refractivity contribution in [3.05, 3.63) is 23.8 Å². The van der Waals surface area contributed by atoms with Gasteiger partial charge in [0.25, 0.3) is 0 Å². The normalized spacial score (nSPS) is 35.3. The molecule has 2 aliphatic heterocycles. The fourth-order valence-electron chi connectivity index (χ4n) is 3.59. The Bertz CT molecular complexity index is 519. The van der Waals surface area contributed by atoms with Crippen molar-refractivity contribution in [3.63, 3.8) is 0 Å². The molecule has 0 saturated carbocycles. The highest BCUT2D eigenvalue weighted by atomic mass is 32.2.